The number of ether oxygens (including phenoxy) is 6. The fraction of sp³-hybridized carbons (Fsp3) is 0.800. The highest BCUT2D eigenvalue weighted by molar-refractivity contribution is 6.17. The molecule has 15 heteroatoms. The van der Waals surface area contributed by atoms with Gasteiger partial charge in [0.05, 0.1) is 0 Å². The molecule has 6 aliphatic rings. The summed E-state index contributed by atoms with van der Waals surface area (Å²) in [5.41, 5.74) is 0.698. The van der Waals surface area contributed by atoms with Crippen LogP contribution < -0.4 is 10.6 Å². The van der Waals surface area contributed by atoms with Crippen molar-refractivity contribution < 1.29 is 53.1 Å². The van der Waals surface area contributed by atoms with Gasteiger partial charge in [0.1, 0.15) is 30.0 Å². The number of esters is 4. The summed E-state index contributed by atoms with van der Waals surface area (Å²) in [6.07, 6.45) is 9.06. The third-order valence-electron chi connectivity index (χ3n) is 17.1. The second kappa shape index (κ2) is 22.7. The van der Waals surface area contributed by atoms with E-state index in [1.165, 1.54) is 0 Å². The number of carbonyl (C=O) groups is 4. The Morgan fingerprint density at radius 1 is 0.507 bits per heavy atom. The Morgan fingerprint density at radius 2 is 0.827 bits per heavy atom. The first-order valence-corrected chi connectivity index (χ1v) is 27.8. The van der Waals surface area contributed by atoms with E-state index in [-0.39, 0.29) is 86.2 Å². The number of rotatable bonds is 9. The maximum Gasteiger partial charge on any atom is 0.345 e. The van der Waals surface area contributed by atoms with E-state index in [1.54, 1.807) is 6.08 Å². The van der Waals surface area contributed by atoms with Crippen molar-refractivity contribution in [1.82, 2.24) is 20.4 Å². The van der Waals surface area contributed by atoms with Crippen molar-refractivity contribution in [3.63, 3.8) is 0 Å². The Kier molecular flexibility index (Phi) is 18.9. The number of likely N-dealkylation sites (tertiary alicyclic amines) is 2. The minimum atomic E-state index is -0.927. The van der Waals surface area contributed by atoms with Crippen LogP contribution in [0.3, 0.4) is 0 Å². The lowest BCUT2D eigenvalue weighted by molar-refractivity contribution is -0.324. The molecule has 7 rings (SSSR count). The molecule has 75 heavy (non-hydrogen) atoms. The van der Waals surface area contributed by atoms with Crippen LogP contribution in [0.4, 0.5) is 0 Å². The van der Waals surface area contributed by atoms with Gasteiger partial charge >= 0.3 is 23.9 Å². The Bertz CT molecular complexity index is 2020. The van der Waals surface area contributed by atoms with E-state index in [1.807, 2.05) is 31.2 Å². The molecule has 15 nitrogen and oxygen atoms in total. The molecule has 1 saturated carbocycles. The monoisotopic (exact) mass is 1050 g/mol. The summed E-state index contributed by atoms with van der Waals surface area (Å²) in [7, 11) is 4.23. The number of piperidine rings is 4. The number of nitrogens with one attached hydrogen (secondary N) is 2. The van der Waals surface area contributed by atoms with Gasteiger partial charge in [0.15, 0.2) is 18.0 Å². The molecule has 5 saturated heterocycles. The second-order valence-corrected chi connectivity index (χ2v) is 28.3. The van der Waals surface area contributed by atoms with Gasteiger partial charge in [-0.2, -0.15) is 0 Å². The van der Waals surface area contributed by atoms with E-state index in [0.29, 0.717) is 38.5 Å². The molecular formula is C60H100N4O11. The molecule has 5 heterocycles. The molecule has 4 N–H and O–H groups in total. The number of hydrogen-bond acceptors (Lipinski definition) is 14. The Labute approximate surface area is 451 Å². The van der Waals surface area contributed by atoms with Crippen LogP contribution in [-0.4, -0.2) is 140 Å². The first-order chi connectivity index (χ1) is 33.8. The fourth-order valence-electron chi connectivity index (χ4n) is 13.7. The van der Waals surface area contributed by atoms with Gasteiger partial charge in [-0.1, -0.05) is 36.2 Å². The molecule has 1 aliphatic carbocycles. The highest BCUT2D eigenvalue weighted by Crippen LogP contribution is 2.43. The van der Waals surface area contributed by atoms with Crippen molar-refractivity contribution in [3.8, 4) is 0 Å². The largest absolute Gasteiger partial charge is 0.460 e. The van der Waals surface area contributed by atoms with Crippen LogP contribution in [0.5, 0.6) is 0 Å². The lowest BCUT2D eigenvalue weighted by atomic mass is 9.78. The number of benzene rings is 1. The molecule has 1 spiro atoms. The Balaban J connectivity index is 0.000000274. The van der Waals surface area contributed by atoms with Crippen LogP contribution in [0.2, 0.25) is 0 Å². The van der Waals surface area contributed by atoms with E-state index in [9.17, 15) is 19.2 Å². The van der Waals surface area contributed by atoms with E-state index >= 15 is 0 Å². The fourth-order valence-corrected chi connectivity index (χ4v) is 13.7. The van der Waals surface area contributed by atoms with Crippen molar-refractivity contribution in [1.29, 1.82) is 0 Å². The normalized spacial score (nSPS) is 28.0. The molecule has 1 aromatic rings. The van der Waals surface area contributed by atoms with Crippen LogP contribution in [-0.2, 0) is 47.6 Å². The van der Waals surface area contributed by atoms with Crippen LogP contribution in [0.15, 0.2) is 29.8 Å². The van der Waals surface area contributed by atoms with Crippen LogP contribution in [0.1, 0.15) is 212 Å². The van der Waals surface area contributed by atoms with Crippen molar-refractivity contribution in [2.75, 3.05) is 14.1 Å². The van der Waals surface area contributed by atoms with E-state index in [4.69, 9.17) is 28.4 Å². The first-order valence-electron chi connectivity index (χ1n) is 27.8. The van der Waals surface area contributed by atoms with E-state index in [2.05, 4.69) is 145 Å². The molecular weight excluding hydrogens is 953 g/mol. The molecule has 0 amide bonds. The Hall–Kier alpha value is -3.44. The standard InChI is InChI=1S/C31H48N2O4.C29H50N2O6.H2O/c1-21-12-14-22(15-13-21)16-25(26(34)36-23-17-28(2,3)32(10)29(4,5)18-23)27(35)37-24-19-30(6,7)33(11)31(8,9)20-24;1-25(2)15-19(16-26(3,4)30-25)34-23(32)21-14-22(37-29(36-21)12-10-9-11-13-29)24(33)35-20-17-27(5,6)31-28(7,8)18-20;/h12-16,23-24H,17-20H2,1-11H3;19-22,30-31H,9-18H2,1-8H3;1H2. The molecule has 0 bridgehead atoms. The smallest absolute Gasteiger partial charge is 0.345 e. The highest BCUT2D eigenvalue weighted by Gasteiger charge is 2.52. The second-order valence-electron chi connectivity index (χ2n) is 28.3. The molecule has 2 atom stereocenters. The van der Waals surface area contributed by atoms with Gasteiger partial charge in [-0.05, 0) is 156 Å². The van der Waals surface area contributed by atoms with Crippen molar-refractivity contribution >= 4 is 30.0 Å². The molecule has 0 radical (unpaired) electrons. The summed E-state index contributed by atoms with van der Waals surface area (Å²) in [6.45, 7) is 36.4. The number of aryl methyl sites for hydroxylation is 1. The summed E-state index contributed by atoms with van der Waals surface area (Å²) < 4.78 is 36.8. The first kappa shape index (κ1) is 62.4. The van der Waals surface area contributed by atoms with Crippen molar-refractivity contribution in [2.24, 2.45) is 0 Å². The third kappa shape index (κ3) is 16.3. The summed E-state index contributed by atoms with van der Waals surface area (Å²) >= 11 is 0. The lowest BCUT2D eigenvalue weighted by Gasteiger charge is -2.53. The minimum Gasteiger partial charge on any atom is -0.460 e. The SMILES string of the molecule is CC1(C)CC(OC(=O)C2CC(C(=O)OC3CC(C)(C)NC(C)(C)C3)OC3(CCCCC3)O2)CC(C)(C)N1.Cc1ccc(C=C(C(=O)OC2CC(C)(C)N(C)C(C)(C)C2)C(=O)OC2CC(C)(C)N(C)C(C)(C)C2)cc1.O. The van der Waals surface area contributed by atoms with Crippen molar-refractivity contribution in [3.05, 3.63) is 41.0 Å². The van der Waals surface area contributed by atoms with Gasteiger partial charge in [0, 0.05) is 115 Å². The molecule has 2 unspecified atom stereocenters. The van der Waals surface area contributed by atoms with Crippen molar-refractivity contribution in [2.45, 2.75) is 294 Å². The zero-order chi connectivity index (χ0) is 55.3. The molecule has 6 fully saturated rings. The van der Waals surface area contributed by atoms with Crippen LogP contribution >= 0.6 is 0 Å². The lowest BCUT2D eigenvalue weighted by Crippen LogP contribution is -2.61. The molecule has 5 aliphatic heterocycles. The maximum atomic E-state index is 13.6. The predicted molar refractivity (Wildman–Crippen MR) is 294 cm³/mol. The zero-order valence-electron chi connectivity index (χ0n) is 49.7. The van der Waals surface area contributed by atoms with Gasteiger partial charge in [-0.3, -0.25) is 9.80 Å². The Morgan fingerprint density at radius 3 is 1.16 bits per heavy atom. The molecule has 0 aromatic heterocycles. The van der Waals surface area contributed by atoms with Crippen LogP contribution in [0, 0.1) is 6.92 Å². The molecule has 426 valence electrons. The summed E-state index contributed by atoms with van der Waals surface area (Å²) in [5.74, 6) is -2.94. The summed E-state index contributed by atoms with van der Waals surface area (Å²) in [6, 6.07) is 7.73. The number of nitrogens with zero attached hydrogens (tertiary/aromatic N) is 2. The van der Waals surface area contributed by atoms with Gasteiger partial charge < -0.3 is 44.5 Å². The average molecular weight is 1050 g/mol. The highest BCUT2D eigenvalue weighted by atomic mass is 16.7. The number of hydrogen-bond donors (Lipinski definition) is 2. The van der Waals surface area contributed by atoms with Gasteiger partial charge in [-0.25, -0.2) is 19.2 Å². The quantitative estimate of drug-likeness (QED) is 0.0783. The zero-order valence-corrected chi connectivity index (χ0v) is 49.7. The van der Waals surface area contributed by atoms with Gasteiger partial charge in [-0.15, -0.1) is 0 Å². The maximum absolute atomic E-state index is 13.6. The number of carbonyl (C=O) groups excluding carboxylic acids is 4. The topological polar surface area (TPSA) is 186 Å². The molecule has 1 aromatic carbocycles. The predicted octanol–water partition coefficient (Wildman–Crippen LogP) is 9.47. The minimum absolute atomic E-state index is 0. The summed E-state index contributed by atoms with van der Waals surface area (Å²) in [4.78, 5) is 58.7. The van der Waals surface area contributed by atoms with E-state index in [0.717, 1.165) is 56.1 Å². The van der Waals surface area contributed by atoms with Crippen LogP contribution in [0.25, 0.3) is 6.08 Å². The third-order valence-corrected chi connectivity index (χ3v) is 17.1. The summed E-state index contributed by atoms with van der Waals surface area (Å²) in [5, 5.41) is 7.25. The van der Waals surface area contributed by atoms with Gasteiger partial charge in [0.25, 0.3) is 0 Å². The average Bonchev–Trinajstić information content (AvgIpc) is 3.22. The van der Waals surface area contributed by atoms with Gasteiger partial charge in [0.2, 0.25) is 0 Å². The van der Waals surface area contributed by atoms with E-state index < -0.39 is 41.9 Å².